The normalized spacial score (nSPS) is 11.5. The summed E-state index contributed by atoms with van der Waals surface area (Å²) in [7, 11) is 0. The number of anilines is 1. The number of pyridine rings is 1. The Bertz CT molecular complexity index is 412. The van der Waals surface area contributed by atoms with Gasteiger partial charge in [-0.3, -0.25) is 4.79 Å². The third-order valence-electron chi connectivity index (χ3n) is 2.26. The summed E-state index contributed by atoms with van der Waals surface area (Å²) in [6.45, 7) is 2.13. The molecule has 0 spiro atoms. The lowest BCUT2D eigenvalue weighted by Gasteiger charge is -2.11. The number of nitrogens with zero attached hydrogens (tertiary/aromatic N) is 2. The van der Waals surface area contributed by atoms with Gasteiger partial charge in [0.25, 0.3) is 0 Å². The molecule has 1 unspecified atom stereocenters. The van der Waals surface area contributed by atoms with Crippen LogP contribution in [0.25, 0.3) is 0 Å². The lowest BCUT2D eigenvalue weighted by molar-refractivity contribution is -0.141. The monoisotopic (exact) mass is 219 g/mol. The van der Waals surface area contributed by atoms with Gasteiger partial charge in [0.05, 0.1) is 17.6 Å². The Morgan fingerprint density at radius 3 is 3.06 bits per heavy atom. The number of rotatable bonds is 5. The fraction of sp³-hybridized carbons (Fsp3) is 0.364. The van der Waals surface area contributed by atoms with E-state index in [-0.39, 0.29) is 0 Å². The molecule has 0 radical (unpaired) electrons. The van der Waals surface area contributed by atoms with Crippen LogP contribution >= 0.6 is 0 Å². The molecule has 1 rings (SSSR count). The van der Waals surface area contributed by atoms with Gasteiger partial charge in [0.1, 0.15) is 5.82 Å². The summed E-state index contributed by atoms with van der Waals surface area (Å²) < 4.78 is 0. The first kappa shape index (κ1) is 12.0. The second-order valence-corrected chi connectivity index (χ2v) is 3.37. The minimum atomic E-state index is -0.827. The topological polar surface area (TPSA) is 86.0 Å². The molecule has 5 heteroatoms. The average molecular weight is 219 g/mol. The van der Waals surface area contributed by atoms with Crippen molar-refractivity contribution in [3.63, 3.8) is 0 Å². The van der Waals surface area contributed by atoms with Crippen LogP contribution in [-0.2, 0) is 4.79 Å². The molecular weight excluding hydrogens is 206 g/mol. The molecule has 0 saturated heterocycles. The largest absolute Gasteiger partial charge is 0.481 e. The fourth-order valence-corrected chi connectivity index (χ4v) is 1.23. The van der Waals surface area contributed by atoms with Gasteiger partial charge in [-0.1, -0.05) is 6.92 Å². The number of hydrogen-bond donors (Lipinski definition) is 2. The minimum Gasteiger partial charge on any atom is -0.481 e. The lowest BCUT2D eigenvalue weighted by Crippen LogP contribution is -2.22. The Balaban J connectivity index is 2.60. The Kier molecular flexibility index (Phi) is 4.28. The Hall–Kier alpha value is -2.09. The van der Waals surface area contributed by atoms with Crippen molar-refractivity contribution >= 4 is 11.8 Å². The number of nitrogens with one attached hydrogen (secondary N) is 1. The van der Waals surface area contributed by atoms with Crippen molar-refractivity contribution in [1.82, 2.24) is 4.98 Å². The fourth-order valence-electron chi connectivity index (χ4n) is 1.23. The molecule has 0 aliphatic heterocycles. The highest BCUT2D eigenvalue weighted by atomic mass is 16.4. The third kappa shape index (κ3) is 3.24. The number of nitriles is 1. The summed E-state index contributed by atoms with van der Waals surface area (Å²) in [6.07, 6.45) is 2.07. The van der Waals surface area contributed by atoms with Crippen molar-refractivity contribution in [2.45, 2.75) is 13.3 Å². The van der Waals surface area contributed by atoms with Gasteiger partial charge in [0.15, 0.2) is 0 Å². The van der Waals surface area contributed by atoms with E-state index in [9.17, 15) is 4.79 Å². The van der Waals surface area contributed by atoms with Gasteiger partial charge < -0.3 is 10.4 Å². The van der Waals surface area contributed by atoms with Crippen LogP contribution in [0.15, 0.2) is 18.3 Å². The highest BCUT2D eigenvalue weighted by molar-refractivity contribution is 5.70. The second kappa shape index (κ2) is 5.71. The molecule has 1 aromatic rings. The van der Waals surface area contributed by atoms with Crippen molar-refractivity contribution < 1.29 is 9.90 Å². The van der Waals surface area contributed by atoms with Gasteiger partial charge in [-0.2, -0.15) is 5.26 Å². The summed E-state index contributed by atoms with van der Waals surface area (Å²) in [4.78, 5) is 14.8. The standard InChI is InChI=1S/C11H13N3O2/c1-2-9(11(15)16)7-14-10-5-8(6-12)3-4-13-10/h3-5,9H,2,7H2,1H3,(H,13,14)(H,15,16). The molecule has 2 N–H and O–H groups in total. The second-order valence-electron chi connectivity index (χ2n) is 3.37. The first-order valence-corrected chi connectivity index (χ1v) is 5.00. The summed E-state index contributed by atoms with van der Waals surface area (Å²) in [6, 6.07) is 5.18. The van der Waals surface area contributed by atoms with Gasteiger partial charge in [-0.25, -0.2) is 4.98 Å². The minimum absolute atomic E-state index is 0.313. The predicted octanol–water partition coefficient (Wildman–Crippen LogP) is 1.48. The molecule has 1 heterocycles. The van der Waals surface area contributed by atoms with Crippen LogP contribution in [-0.4, -0.2) is 22.6 Å². The first-order valence-electron chi connectivity index (χ1n) is 5.00. The van der Waals surface area contributed by atoms with Crippen molar-refractivity contribution in [3.8, 4) is 6.07 Å². The molecule has 0 aliphatic carbocycles. The molecule has 0 saturated carbocycles. The van der Waals surface area contributed by atoms with E-state index in [1.165, 1.54) is 6.20 Å². The maximum absolute atomic E-state index is 10.8. The smallest absolute Gasteiger partial charge is 0.308 e. The number of aliphatic carboxylic acids is 1. The number of hydrogen-bond acceptors (Lipinski definition) is 4. The van der Waals surface area contributed by atoms with E-state index in [1.807, 2.05) is 13.0 Å². The Morgan fingerprint density at radius 2 is 2.50 bits per heavy atom. The van der Waals surface area contributed by atoms with E-state index < -0.39 is 11.9 Å². The molecule has 0 aliphatic rings. The van der Waals surface area contributed by atoms with E-state index in [4.69, 9.17) is 10.4 Å². The molecule has 84 valence electrons. The molecule has 0 aromatic carbocycles. The quantitative estimate of drug-likeness (QED) is 0.783. The number of carboxylic acids is 1. The zero-order valence-electron chi connectivity index (χ0n) is 8.97. The SMILES string of the molecule is CCC(CNc1cc(C#N)ccn1)C(=O)O. The van der Waals surface area contributed by atoms with E-state index in [1.54, 1.807) is 12.1 Å². The number of carbonyl (C=O) groups is 1. The molecular formula is C11H13N3O2. The lowest BCUT2D eigenvalue weighted by atomic mass is 10.1. The van der Waals surface area contributed by atoms with Gasteiger partial charge in [-0.15, -0.1) is 0 Å². The van der Waals surface area contributed by atoms with Crippen LogP contribution in [0.3, 0.4) is 0 Å². The summed E-state index contributed by atoms with van der Waals surface area (Å²) in [5, 5.41) is 20.4. The van der Waals surface area contributed by atoms with E-state index in [2.05, 4.69) is 10.3 Å². The third-order valence-corrected chi connectivity index (χ3v) is 2.26. The van der Waals surface area contributed by atoms with Crippen molar-refractivity contribution in [2.24, 2.45) is 5.92 Å². The molecule has 1 aromatic heterocycles. The van der Waals surface area contributed by atoms with Crippen LogP contribution in [0.4, 0.5) is 5.82 Å². The average Bonchev–Trinajstić information content (AvgIpc) is 2.29. The van der Waals surface area contributed by atoms with Crippen LogP contribution in [0.1, 0.15) is 18.9 Å². The van der Waals surface area contributed by atoms with Crippen molar-refractivity contribution in [3.05, 3.63) is 23.9 Å². The summed E-state index contributed by atoms with van der Waals surface area (Å²) in [5.74, 6) is -0.738. The van der Waals surface area contributed by atoms with Gasteiger partial charge in [0, 0.05) is 12.7 Å². The van der Waals surface area contributed by atoms with E-state index in [0.29, 0.717) is 24.3 Å². The van der Waals surface area contributed by atoms with Gasteiger partial charge in [-0.05, 0) is 18.6 Å². The molecule has 16 heavy (non-hydrogen) atoms. The molecule has 5 nitrogen and oxygen atoms in total. The van der Waals surface area contributed by atoms with Crippen molar-refractivity contribution in [1.29, 1.82) is 5.26 Å². The zero-order chi connectivity index (χ0) is 12.0. The predicted molar refractivity (Wildman–Crippen MR) is 58.9 cm³/mol. The zero-order valence-corrected chi connectivity index (χ0v) is 8.97. The summed E-state index contributed by atoms with van der Waals surface area (Å²) >= 11 is 0. The number of carboxylic acid groups (broad SMARTS) is 1. The van der Waals surface area contributed by atoms with E-state index in [0.717, 1.165) is 0 Å². The first-order chi connectivity index (χ1) is 7.67. The Labute approximate surface area is 93.7 Å². The Morgan fingerprint density at radius 1 is 1.75 bits per heavy atom. The van der Waals surface area contributed by atoms with Crippen molar-refractivity contribution in [2.75, 3.05) is 11.9 Å². The number of aromatic nitrogens is 1. The molecule has 0 fully saturated rings. The molecule has 1 atom stereocenters. The van der Waals surface area contributed by atoms with Crippen LogP contribution in [0.5, 0.6) is 0 Å². The maximum atomic E-state index is 10.8. The van der Waals surface area contributed by atoms with Crippen LogP contribution < -0.4 is 5.32 Å². The summed E-state index contributed by atoms with van der Waals surface area (Å²) in [5.41, 5.74) is 0.501. The van der Waals surface area contributed by atoms with Crippen LogP contribution in [0.2, 0.25) is 0 Å². The highest BCUT2D eigenvalue weighted by Gasteiger charge is 2.14. The van der Waals surface area contributed by atoms with E-state index >= 15 is 0 Å². The van der Waals surface area contributed by atoms with Gasteiger partial charge in [0.2, 0.25) is 0 Å². The highest BCUT2D eigenvalue weighted by Crippen LogP contribution is 2.08. The molecule has 0 amide bonds. The van der Waals surface area contributed by atoms with Crippen LogP contribution in [0, 0.1) is 17.2 Å². The maximum Gasteiger partial charge on any atom is 0.308 e. The van der Waals surface area contributed by atoms with Gasteiger partial charge >= 0.3 is 5.97 Å². The molecule has 0 bridgehead atoms.